The maximum absolute atomic E-state index is 12.6. The van der Waals surface area contributed by atoms with E-state index in [1.807, 2.05) is 36.0 Å². The predicted molar refractivity (Wildman–Crippen MR) is 73.7 cm³/mol. The molecule has 1 aliphatic heterocycles. The Labute approximate surface area is 114 Å². The van der Waals surface area contributed by atoms with Gasteiger partial charge in [-0.15, -0.1) is 0 Å². The van der Waals surface area contributed by atoms with E-state index in [2.05, 4.69) is 19.2 Å². The number of nitrogens with zero attached hydrogens (tertiary/aromatic N) is 2. The zero-order valence-electron chi connectivity index (χ0n) is 12.1. The number of carbonyl (C=O) groups excluding carboxylic acids is 1. The minimum atomic E-state index is -0.202. The molecule has 1 aliphatic rings. The van der Waals surface area contributed by atoms with Crippen LogP contribution in [0.15, 0.2) is 22.8 Å². The summed E-state index contributed by atoms with van der Waals surface area (Å²) in [6.45, 7) is 6.19. The molecule has 1 amide bonds. The summed E-state index contributed by atoms with van der Waals surface area (Å²) in [6.07, 6.45) is 1.65. The van der Waals surface area contributed by atoms with Gasteiger partial charge in [-0.1, -0.05) is 0 Å². The van der Waals surface area contributed by atoms with Crippen molar-refractivity contribution in [2.24, 2.45) is 0 Å². The van der Waals surface area contributed by atoms with E-state index in [0.29, 0.717) is 13.1 Å². The summed E-state index contributed by atoms with van der Waals surface area (Å²) in [4.78, 5) is 16.5. The fourth-order valence-corrected chi connectivity index (χ4v) is 2.40. The van der Waals surface area contributed by atoms with Crippen LogP contribution in [0.5, 0.6) is 0 Å². The number of carbonyl (C=O) groups is 1. The molecule has 1 saturated heterocycles. The van der Waals surface area contributed by atoms with Crippen molar-refractivity contribution >= 4 is 5.91 Å². The zero-order chi connectivity index (χ0) is 14.0. The Morgan fingerprint density at radius 3 is 2.84 bits per heavy atom. The quantitative estimate of drug-likeness (QED) is 0.879. The average molecular weight is 265 g/mol. The number of hydrogen-bond acceptors (Lipinski definition) is 4. The van der Waals surface area contributed by atoms with Crippen molar-refractivity contribution in [1.82, 2.24) is 15.1 Å². The van der Waals surface area contributed by atoms with Crippen molar-refractivity contribution in [3.8, 4) is 0 Å². The SMILES string of the molecule is CN(C)CC1NCC(C)(C)N(Cc2ccco2)C1=O. The summed E-state index contributed by atoms with van der Waals surface area (Å²) >= 11 is 0. The van der Waals surface area contributed by atoms with E-state index in [1.165, 1.54) is 0 Å². The first kappa shape index (κ1) is 14.1. The van der Waals surface area contributed by atoms with Gasteiger partial charge in [-0.2, -0.15) is 0 Å². The summed E-state index contributed by atoms with van der Waals surface area (Å²) in [5.41, 5.74) is -0.202. The number of nitrogens with one attached hydrogen (secondary N) is 1. The van der Waals surface area contributed by atoms with Gasteiger partial charge in [-0.25, -0.2) is 0 Å². The summed E-state index contributed by atoms with van der Waals surface area (Å²) in [7, 11) is 3.96. The Balaban J connectivity index is 2.13. The molecule has 0 spiro atoms. The minimum absolute atomic E-state index is 0.140. The molecule has 1 unspecified atom stereocenters. The smallest absolute Gasteiger partial charge is 0.241 e. The Hall–Kier alpha value is -1.33. The lowest BCUT2D eigenvalue weighted by molar-refractivity contribution is -0.144. The van der Waals surface area contributed by atoms with Crippen LogP contribution in [0.3, 0.4) is 0 Å². The Morgan fingerprint density at radius 1 is 1.53 bits per heavy atom. The molecule has 0 aliphatic carbocycles. The lowest BCUT2D eigenvalue weighted by atomic mass is 9.96. The molecule has 0 bridgehead atoms. The number of furan rings is 1. The highest BCUT2D eigenvalue weighted by molar-refractivity contribution is 5.83. The van der Waals surface area contributed by atoms with Gasteiger partial charge in [0.15, 0.2) is 0 Å². The highest BCUT2D eigenvalue weighted by Gasteiger charge is 2.40. The fourth-order valence-electron chi connectivity index (χ4n) is 2.40. The second-order valence-electron chi connectivity index (χ2n) is 6.01. The summed E-state index contributed by atoms with van der Waals surface area (Å²) < 4.78 is 5.37. The molecule has 2 rings (SSSR count). The van der Waals surface area contributed by atoms with Crippen molar-refractivity contribution in [1.29, 1.82) is 0 Å². The molecule has 1 atom stereocenters. The number of amides is 1. The van der Waals surface area contributed by atoms with Crippen molar-refractivity contribution in [3.63, 3.8) is 0 Å². The van der Waals surface area contributed by atoms with E-state index in [0.717, 1.165) is 12.3 Å². The van der Waals surface area contributed by atoms with Gasteiger partial charge in [0.25, 0.3) is 0 Å². The zero-order valence-corrected chi connectivity index (χ0v) is 12.1. The van der Waals surface area contributed by atoms with Crippen LogP contribution in [0.2, 0.25) is 0 Å². The van der Waals surface area contributed by atoms with Crippen LogP contribution in [-0.2, 0) is 11.3 Å². The number of rotatable bonds is 4. The van der Waals surface area contributed by atoms with E-state index in [1.54, 1.807) is 6.26 Å². The van der Waals surface area contributed by atoms with Gasteiger partial charge in [0.1, 0.15) is 5.76 Å². The third-order valence-corrected chi connectivity index (χ3v) is 3.52. The van der Waals surface area contributed by atoms with Crippen molar-refractivity contribution in [2.45, 2.75) is 32.0 Å². The van der Waals surface area contributed by atoms with Gasteiger partial charge in [-0.3, -0.25) is 4.79 Å². The van der Waals surface area contributed by atoms with Crippen LogP contribution in [0.1, 0.15) is 19.6 Å². The van der Waals surface area contributed by atoms with Gasteiger partial charge in [0.05, 0.1) is 24.4 Å². The number of likely N-dealkylation sites (N-methyl/N-ethyl adjacent to an activating group) is 1. The number of hydrogen-bond donors (Lipinski definition) is 1. The van der Waals surface area contributed by atoms with Crippen LogP contribution < -0.4 is 5.32 Å². The molecule has 0 aromatic carbocycles. The summed E-state index contributed by atoms with van der Waals surface area (Å²) in [6, 6.07) is 3.62. The predicted octanol–water partition coefficient (Wildman–Crippen LogP) is 0.920. The highest BCUT2D eigenvalue weighted by Crippen LogP contribution is 2.22. The highest BCUT2D eigenvalue weighted by atomic mass is 16.3. The van der Waals surface area contributed by atoms with Gasteiger partial charge in [0.2, 0.25) is 5.91 Å². The molecule has 1 fully saturated rings. The second-order valence-corrected chi connectivity index (χ2v) is 6.01. The third-order valence-electron chi connectivity index (χ3n) is 3.52. The van der Waals surface area contributed by atoms with Gasteiger partial charge >= 0.3 is 0 Å². The first-order valence-electron chi connectivity index (χ1n) is 6.62. The van der Waals surface area contributed by atoms with E-state index in [4.69, 9.17) is 4.42 Å². The maximum Gasteiger partial charge on any atom is 0.241 e. The molecule has 2 heterocycles. The van der Waals surface area contributed by atoms with Crippen molar-refractivity contribution in [2.75, 3.05) is 27.2 Å². The van der Waals surface area contributed by atoms with Crippen molar-refractivity contribution in [3.05, 3.63) is 24.2 Å². The molecule has 19 heavy (non-hydrogen) atoms. The standard InChI is InChI=1S/C14H23N3O2/c1-14(2)10-15-12(9-16(3)4)13(18)17(14)8-11-6-5-7-19-11/h5-7,12,15H,8-10H2,1-4H3. The summed E-state index contributed by atoms with van der Waals surface area (Å²) in [5.74, 6) is 0.966. The molecule has 106 valence electrons. The van der Waals surface area contributed by atoms with Crippen LogP contribution in [0.4, 0.5) is 0 Å². The Morgan fingerprint density at radius 2 is 2.26 bits per heavy atom. The monoisotopic (exact) mass is 265 g/mol. The van der Waals surface area contributed by atoms with E-state index >= 15 is 0 Å². The topological polar surface area (TPSA) is 48.7 Å². The largest absolute Gasteiger partial charge is 0.467 e. The maximum atomic E-state index is 12.6. The van der Waals surface area contributed by atoms with E-state index in [9.17, 15) is 4.79 Å². The van der Waals surface area contributed by atoms with Crippen LogP contribution in [-0.4, -0.2) is 54.5 Å². The second kappa shape index (κ2) is 5.35. The first-order valence-corrected chi connectivity index (χ1v) is 6.62. The molecule has 1 N–H and O–H groups in total. The van der Waals surface area contributed by atoms with E-state index in [-0.39, 0.29) is 17.5 Å². The van der Waals surface area contributed by atoms with Crippen LogP contribution in [0, 0.1) is 0 Å². The van der Waals surface area contributed by atoms with Crippen LogP contribution in [0.25, 0.3) is 0 Å². The van der Waals surface area contributed by atoms with Crippen molar-refractivity contribution < 1.29 is 9.21 Å². The molecular formula is C14H23N3O2. The van der Waals surface area contributed by atoms with Gasteiger partial charge in [-0.05, 0) is 40.1 Å². The third kappa shape index (κ3) is 3.16. The number of piperazine rings is 1. The Kier molecular flexibility index (Phi) is 3.96. The first-order chi connectivity index (χ1) is 8.90. The Bertz CT molecular complexity index is 426. The van der Waals surface area contributed by atoms with Gasteiger partial charge in [0, 0.05) is 13.1 Å². The molecular weight excluding hydrogens is 242 g/mol. The molecule has 5 nitrogen and oxygen atoms in total. The molecule has 0 saturated carbocycles. The van der Waals surface area contributed by atoms with E-state index < -0.39 is 0 Å². The normalized spacial score (nSPS) is 23.1. The molecule has 1 aromatic heterocycles. The summed E-state index contributed by atoms with van der Waals surface area (Å²) in [5, 5.41) is 3.34. The molecule has 5 heteroatoms. The minimum Gasteiger partial charge on any atom is -0.467 e. The fraction of sp³-hybridized carbons (Fsp3) is 0.643. The molecule has 0 radical (unpaired) electrons. The molecule has 1 aromatic rings. The average Bonchev–Trinajstić information content (AvgIpc) is 2.81. The lowest BCUT2D eigenvalue weighted by Crippen LogP contribution is -2.66. The lowest BCUT2D eigenvalue weighted by Gasteiger charge is -2.45. The van der Waals surface area contributed by atoms with Gasteiger partial charge < -0.3 is 19.5 Å². The van der Waals surface area contributed by atoms with Crippen LogP contribution >= 0.6 is 0 Å².